The number of amides is 1. The predicted molar refractivity (Wildman–Crippen MR) is 80.6 cm³/mol. The van der Waals surface area contributed by atoms with E-state index >= 15 is 0 Å². The van der Waals surface area contributed by atoms with Crippen LogP contribution in [0.1, 0.15) is 38.9 Å². The second-order valence-corrected chi connectivity index (χ2v) is 5.97. The maximum absolute atomic E-state index is 13.7. The molecular formula is C15H23FN2O4. The number of aliphatic hydroxyl groups is 2. The summed E-state index contributed by atoms with van der Waals surface area (Å²) in [7, 11) is 0. The third-order valence-electron chi connectivity index (χ3n) is 2.86. The number of hydrogen-bond donors (Lipinski definition) is 4. The number of alkyl carbamates (subject to hydrolysis) is 1. The van der Waals surface area contributed by atoms with Crippen LogP contribution in [-0.2, 0) is 4.74 Å². The highest BCUT2D eigenvalue weighted by molar-refractivity contribution is 5.67. The number of halogens is 1. The van der Waals surface area contributed by atoms with Crippen LogP contribution in [0.3, 0.4) is 0 Å². The number of carbonyl (C=O) groups excluding carboxylic acids is 1. The number of nitrogen functional groups attached to an aromatic ring is 1. The Hall–Kier alpha value is -1.86. The fourth-order valence-corrected chi connectivity index (χ4v) is 1.85. The normalized spacial score (nSPS) is 14.3. The molecule has 5 N–H and O–H groups in total. The summed E-state index contributed by atoms with van der Waals surface area (Å²) in [5.41, 5.74) is 4.90. The van der Waals surface area contributed by atoms with Crippen LogP contribution in [0.5, 0.6) is 0 Å². The second kappa shape index (κ2) is 7.42. The van der Waals surface area contributed by atoms with Gasteiger partial charge < -0.3 is 26.0 Å². The minimum atomic E-state index is -1.47. The summed E-state index contributed by atoms with van der Waals surface area (Å²) in [5.74, 6) is -0.688. The van der Waals surface area contributed by atoms with Crippen LogP contribution in [0.2, 0.25) is 0 Å². The van der Waals surface area contributed by atoms with Crippen molar-refractivity contribution in [2.75, 3.05) is 12.3 Å². The maximum atomic E-state index is 13.7. The maximum Gasteiger partial charge on any atom is 0.407 e. The van der Waals surface area contributed by atoms with E-state index in [9.17, 15) is 19.4 Å². The Bertz CT molecular complexity index is 497. The van der Waals surface area contributed by atoms with E-state index in [4.69, 9.17) is 10.5 Å². The van der Waals surface area contributed by atoms with Gasteiger partial charge in [-0.3, -0.25) is 0 Å². The molecule has 1 aromatic rings. The smallest absolute Gasteiger partial charge is 0.407 e. The lowest BCUT2D eigenvalue weighted by atomic mass is 10.00. The number of rotatable bonds is 5. The SMILES string of the molecule is CC(C)(C)OC(=O)NCCC(O)C(O)c1c(N)cccc1F. The summed E-state index contributed by atoms with van der Waals surface area (Å²) < 4.78 is 18.7. The third-order valence-corrected chi connectivity index (χ3v) is 2.86. The quantitative estimate of drug-likeness (QED) is 0.619. The van der Waals surface area contributed by atoms with Gasteiger partial charge in [0.25, 0.3) is 0 Å². The van der Waals surface area contributed by atoms with Crippen molar-refractivity contribution in [1.29, 1.82) is 0 Å². The van der Waals surface area contributed by atoms with Crippen LogP contribution in [0.25, 0.3) is 0 Å². The molecule has 1 rings (SSSR count). The molecule has 6 nitrogen and oxygen atoms in total. The molecule has 2 atom stereocenters. The van der Waals surface area contributed by atoms with Gasteiger partial charge in [0.1, 0.15) is 17.5 Å². The van der Waals surface area contributed by atoms with E-state index in [0.29, 0.717) is 0 Å². The monoisotopic (exact) mass is 314 g/mol. The number of aliphatic hydroxyl groups excluding tert-OH is 2. The number of anilines is 1. The zero-order chi connectivity index (χ0) is 16.9. The Morgan fingerprint density at radius 3 is 2.59 bits per heavy atom. The fraction of sp³-hybridized carbons (Fsp3) is 0.533. The average Bonchev–Trinajstić information content (AvgIpc) is 2.35. The summed E-state index contributed by atoms with van der Waals surface area (Å²) in [6.07, 6.45) is -3.34. The zero-order valence-electron chi connectivity index (χ0n) is 13.0. The average molecular weight is 314 g/mol. The van der Waals surface area contributed by atoms with Crippen molar-refractivity contribution >= 4 is 11.8 Å². The van der Waals surface area contributed by atoms with E-state index in [0.717, 1.165) is 6.07 Å². The number of hydrogen-bond acceptors (Lipinski definition) is 5. The molecule has 22 heavy (non-hydrogen) atoms. The van der Waals surface area contributed by atoms with Crippen molar-refractivity contribution in [3.05, 3.63) is 29.6 Å². The first-order valence-electron chi connectivity index (χ1n) is 6.98. The molecule has 1 amide bonds. The zero-order valence-corrected chi connectivity index (χ0v) is 13.0. The highest BCUT2D eigenvalue weighted by Crippen LogP contribution is 2.27. The van der Waals surface area contributed by atoms with Crippen LogP contribution >= 0.6 is 0 Å². The summed E-state index contributed by atoms with van der Waals surface area (Å²) >= 11 is 0. The summed E-state index contributed by atoms with van der Waals surface area (Å²) in [5, 5.41) is 22.3. The van der Waals surface area contributed by atoms with Gasteiger partial charge in [0.15, 0.2) is 0 Å². The Kier molecular flexibility index (Phi) is 6.13. The van der Waals surface area contributed by atoms with Gasteiger partial charge in [-0.1, -0.05) is 6.07 Å². The molecule has 1 aromatic carbocycles. The molecular weight excluding hydrogens is 291 g/mol. The van der Waals surface area contributed by atoms with Crippen molar-refractivity contribution < 1.29 is 24.1 Å². The van der Waals surface area contributed by atoms with E-state index in [1.54, 1.807) is 20.8 Å². The van der Waals surface area contributed by atoms with Crippen molar-refractivity contribution in [3.8, 4) is 0 Å². The van der Waals surface area contributed by atoms with Gasteiger partial charge in [0, 0.05) is 17.8 Å². The van der Waals surface area contributed by atoms with Crippen LogP contribution in [0.15, 0.2) is 18.2 Å². The van der Waals surface area contributed by atoms with Gasteiger partial charge in [-0.2, -0.15) is 0 Å². The molecule has 0 saturated heterocycles. The molecule has 0 radical (unpaired) electrons. The van der Waals surface area contributed by atoms with Gasteiger partial charge in [-0.25, -0.2) is 9.18 Å². The second-order valence-electron chi connectivity index (χ2n) is 5.97. The van der Waals surface area contributed by atoms with Crippen LogP contribution in [0, 0.1) is 5.82 Å². The Balaban J connectivity index is 2.52. The summed E-state index contributed by atoms with van der Waals surface area (Å²) in [6, 6.07) is 4.01. The van der Waals surface area contributed by atoms with Gasteiger partial charge >= 0.3 is 6.09 Å². The number of benzene rings is 1. The van der Waals surface area contributed by atoms with Crippen molar-refractivity contribution in [3.63, 3.8) is 0 Å². The highest BCUT2D eigenvalue weighted by Gasteiger charge is 2.24. The van der Waals surface area contributed by atoms with E-state index in [1.807, 2.05) is 0 Å². The topological polar surface area (TPSA) is 105 Å². The molecule has 0 fully saturated rings. The Morgan fingerprint density at radius 1 is 1.41 bits per heavy atom. The molecule has 0 heterocycles. The molecule has 0 saturated carbocycles. The lowest BCUT2D eigenvalue weighted by Crippen LogP contribution is -2.34. The van der Waals surface area contributed by atoms with Crippen LogP contribution in [-0.4, -0.2) is 34.6 Å². The lowest BCUT2D eigenvalue weighted by molar-refractivity contribution is 0.0108. The molecule has 2 unspecified atom stereocenters. The van der Waals surface area contributed by atoms with Gasteiger partial charge in [-0.15, -0.1) is 0 Å². The largest absolute Gasteiger partial charge is 0.444 e. The molecule has 124 valence electrons. The van der Waals surface area contributed by atoms with Crippen LogP contribution in [0.4, 0.5) is 14.9 Å². The first kappa shape index (κ1) is 18.2. The van der Waals surface area contributed by atoms with Gasteiger partial charge in [-0.05, 0) is 39.3 Å². The highest BCUT2D eigenvalue weighted by atomic mass is 19.1. The van der Waals surface area contributed by atoms with Crippen molar-refractivity contribution in [1.82, 2.24) is 5.32 Å². The minimum absolute atomic E-state index is 0.0220. The van der Waals surface area contributed by atoms with Gasteiger partial charge in [0.05, 0.1) is 6.10 Å². The van der Waals surface area contributed by atoms with E-state index < -0.39 is 29.7 Å². The van der Waals surface area contributed by atoms with Crippen LogP contribution < -0.4 is 11.1 Å². The molecule has 7 heteroatoms. The minimum Gasteiger partial charge on any atom is -0.444 e. The molecule has 0 aromatic heterocycles. The van der Waals surface area contributed by atoms with Gasteiger partial charge in [0.2, 0.25) is 0 Å². The molecule has 0 aliphatic carbocycles. The lowest BCUT2D eigenvalue weighted by Gasteiger charge is -2.22. The summed E-state index contributed by atoms with van der Waals surface area (Å²) in [6.45, 7) is 5.26. The van der Waals surface area contributed by atoms with E-state index in [-0.39, 0.29) is 24.2 Å². The first-order valence-corrected chi connectivity index (χ1v) is 6.98. The third kappa shape index (κ3) is 5.50. The first-order chi connectivity index (χ1) is 10.1. The van der Waals surface area contributed by atoms with E-state index in [2.05, 4.69) is 5.32 Å². The molecule has 0 spiro atoms. The molecule has 0 aliphatic rings. The number of nitrogens with one attached hydrogen (secondary N) is 1. The van der Waals surface area contributed by atoms with E-state index in [1.165, 1.54) is 12.1 Å². The molecule has 0 aliphatic heterocycles. The van der Waals surface area contributed by atoms with Crippen molar-refractivity contribution in [2.24, 2.45) is 0 Å². The standard InChI is InChI=1S/C15H23FN2O4/c1-15(2,3)22-14(21)18-8-7-11(19)13(20)12-9(16)5-4-6-10(12)17/h4-6,11,13,19-20H,7-8,17H2,1-3H3,(H,18,21). The van der Waals surface area contributed by atoms with Crippen molar-refractivity contribution in [2.45, 2.75) is 45.0 Å². The fourth-order valence-electron chi connectivity index (χ4n) is 1.85. The molecule has 0 bridgehead atoms. The number of carbonyl (C=O) groups is 1. The predicted octanol–water partition coefficient (Wildman–Crippen LogP) is 1.72. The number of nitrogens with two attached hydrogens (primary N) is 1. The Morgan fingerprint density at radius 2 is 2.05 bits per heavy atom. The Labute approximate surface area is 129 Å². The number of ether oxygens (including phenoxy) is 1. The summed E-state index contributed by atoms with van der Waals surface area (Å²) in [4.78, 5) is 11.4.